The first-order valence-corrected chi connectivity index (χ1v) is 13.5. The molecule has 0 bridgehead atoms. The zero-order valence-corrected chi connectivity index (χ0v) is 23.0. The quantitative estimate of drug-likeness (QED) is 0.211. The third-order valence-electron chi connectivity index (χ3n) is 6.66. The average Bonchev–Trinajstić information content (AvgIpc) is 3.27. The van der Waals surface area contributed by atoms with Gasteiger partial charge in [-0.1, -0.05) is 56.3 Å². The molecule has 0 atom stereocenters. The molecule has 38 heavy (non-hydrogen) atoms. The monoisotopic (exact) mass is 513 g/mol. The van der Waals surface area contributed by atoms with Crippen molar-refractivity contribution in [2.75, 3.05) is 19.8 Å². The maximum Gasteiger partial charge on any atom is 0.257 e. The Balaban J connectivity index is 1.28. The Kier molecular flexibility index (Phi) is 9.41. The number of carbonyl (C=O) groups excluding carboxylic acids is 1. The van der Waals surface area contributed by atoms with E-state index in [-0.39, 0.29) is 12.5 Å². The third kappa shape index (κ3) is 7.15. The number of aryl methyl sites for hydroxylation is 4. The van der Waals surface area contributed by atoms with Gasteiger partial charge in [-0.15, -0.1) is 0 Å². The number of amides is 1. The van der Waals surface area contributed by atoms with E-state index in [0.29, 0.717) is 19.1 Å². The van der Waals surface area contributed by atoms with Crippen molar-refractivity contribution in [1.82, 2.24) is 14.9 Å². The average molecular weight is 514 g/mol. The Morgan fingerprint density at radius 1 is 0.947 bits per heavy atom. The first kappa shape index (κ1) is 27.2. The molecule has 6 heteroatoms. The van der Waals surface area contributed by atoms with Crippen LogP contribution in [0.2, 0.25) is 0 Å². The molecule has 0 saturated heterocycles. The van der Waals surface area contributed by atoms with Crippen molar-refractivity contribution in [2.24, 2.45) is 0 Å². The molecule has 1 amide bonds. The highest BCUT2D eigenvalue weighted by Gasteiger charge is 2.12. The van der Waals surface area contributed by atoms with Gasteiger partial charge in [0, 0.05) is 19.5 Å². The molecule has 0 aliphatic rings. The summed E-state index contributed by atoms with van der Waals surface area (Å²) >= 11 is 0. The highest BCUT2D eigenvalue weighted by Crippen LogP contribution is 2.26. The summed E-state index contributed by atoms with van der Waals surface area (Å²) in [4.78, 5) is 17.2. The largest absolute Gasteiger partial charge is 0.493 e. The van der Waals surface area contributed by atoms with Crippen LogP contribution in [0, 0.1) is 13.8 Å². The van der Waals surface area contributed by atoms with Gasteiger partial charge in [-0.2, -0.15) is 0 Å². The van der Waals surface area contributed by atoms with Gasteiger partial charge in [0.05, 0.1) is 17.6 Å². The van der Waals surface area contributed by atoms with Crippen LogP contribution < -0.4 is 14.8 Å². The van der Waals surface area contributed by atoms with Gasteiger partial charge >= 0.3 is 0 Å². The van der Waals surface area contributed by atoms with Crippen molar-refractivity contribution in [3.8, 4) is 11.5 Å². The Labute approximate surface area is 226 Å². The molecule has 4 aromatic rings. The second-order valence-corrected chi connectivity index (χ2v) is 10.1. The van der Waals surface area contributed by atoms with E-state index >= 15 is 0 Å². The van der Waals surface area contributed by atoms with Crippen LogP contribution in [0.3, 0.4) is 0 Å². The minimum Gasteiger partial charge on any atom is -0.493 e. The van der Waals surface area contributed by atoms with Crippen molar-refractivity contribution in [3.05, 3.63) is 89.2 Å². The van der Waals surface area contributed by atoms with Crippen molar-refractivity contribution in [2.45, 2.75) is 59.4 Å². The number of nitrogens with one attached hydrogen (secondary N) is 1. The topological polar surface area (TPSA) is 65.4 Å². The van der Waals surface area contributed by atoms with Crippen molar-refractivity contribution < 1.29 is 14.3 Å². The van der Waals surface area contributed by atoms with Gasteiger partial charge in [0.2, 0.25) is 0 Å². The molecule has 0 fully saturated rings. The molecule has 4 rings (SSSR count). The predicted molar refractivity (Wildman–Crippen MR) is 153 cm³/mol. The van der Waals surface area contributed by atoms with Crippen LogP contribution in [-0.2, 0) is 17.8 Å². The summed E-state index contributed by atoms with van der Waals surface area (Å²) in [7, 11) is 0. The highest BCUT2D eigenvalue weighted by atomic mass is 16.5. The molecule has 3 aromatic carbocycles. The zero-order valence-electron chi connectivity index (χ0n) is 23.0. The van der Waals surface area contributed by atoms with E-state index in [4.69, 9.17) is 14.5 Å². The van der Waals surface area contributed by atoms with Crippen LogP contribution in [0.15, 0.2) is 66.7 Å². The van der Waals surface area contributed by atoms with Crippen LogP contribution in [0.1, 0.15) is 55.1 Å². The molecule has 6 nitrogen and oxygen atoms in total. The molecular weight excluding hydrogens is 474 g/mol. The molecule has 0 unspecified atom stereocenters. The van der Waals surface area contributed by atoms with Gasteiger partial charge in [0.1, 0.15) is 17.3 Å². The Morgan fingerprint density at radius 2 is 1.74 bits per heavy atom. The second-order valence-electron chi connectivity index (χ2n) is 10.1. The molecule has 1 heterocycles. The molecule has 1 N–H and O–H groups in total. The van der Waals surface area contributed by atoms with E-state index in [1.807, 2.05) is 44.2 Å². The van der Waals surface area contributed by atoms with Crippen LogP contribution in [0.5, 0.6) is 11.5 Å². The van der Waals surface area contributed by atoms with Crippen molar-refractivity contribution in [1.29, 1.82) is 0 Å². The minimum atomic E-state index is -0.113. The van der Waals surface area contributed by atoms with Crippen LogP contribution >= 0.6 is 0 Å². The first-order chi connectivity index (χ1) is 18.4. The molecule has 0 saturated carbocycles. The maximum atomic E-state index is 12.3. The predicted octanol–water partition coefficient (Wildman–Crippen LogP) is 6.37. The number of hydrogen-bond donors (Lipinski definition) is 1. The van der Waals surface area contributed by atoms with E-state index in [1.54, 1.807) is 0 Å². The summed E-state index contributed by atoms with van der Waals surface area (Å²) in [6.07, 6.45) is 2.47. The SMILES string of the molecule is Cc1ccc(C)c(OCC(=O)NCCCc2nc3ccccc3n2CCCOc2ccccc2C(C)C)c1. The standard InChI is InChI=1S/C32H39N3O3/c1-23(2)26-11-5-8-14-29(26)37-20-10-19-35-28-13-7-6-12-27(28)34-31(35)15-9-18-33-32(36)22-38-30-21-24(3)16-17-25(30)4/h5-8,11-14,16-17,21,23H,9-10,15,18-20,22H2,1-4H3,(H,33,36). The first-order valence-electron chi connectivity index (χ1n) is 13.5. The second kappa shape index (κ2) is 13.1. The lowest BCUT2D eigenvalue weighted by Crippen LogP contribution is -2.30. The van der Waals surface area contributed by atoms with E-state index in [2.05, 4.69) is 60.1 Å². The normalized spacial score (nSPS) is 11.2. The molecule has 0 spiro atoms. The van der Waals surface area contributed by atoms with Gasteiger partial charge in [-0.3, -0.25) is 4.79 Å². The number of carbonyl (C=O) groups is 1. The number of fused-ring (bicyclic) bond motifs is 1. The summed E-state index contributed by atoms with van der Waals surface area (Å²) in [5.74, 6) is 3.07. The zero-order chi connectivity index (χ0) is 26.9. The molecule has 0 radical (unpaired) electrons. The van der Waals surface area contributed by atoms with Gasteiger partial charge in [0.25, 0.3) is 5.91 Å². The lowest BCUT2D eigenvalue weighted by Gasteiger charge is -2.14. The van der Waals surface area contributed by atoms with E-state index in [1.165, 1.54) is 5.56 Å². The third-order valence-corrected chi connectivity index (χ3v) is 6.66. The highest BCUT2D eigenvalue weighted by molar-refractivity contribution is 5.77. The number of benzene rings is 3. The minimum absolute atomic E-state index is 0.0166. The number of nitrogens with zero attached hydrogens (tertiary/aromatic N) is 2. The molecular formula is C32H39N3O3. The lowest BCUT2D eigenvalue weighted by molar-refractivity contribution is -0.123. The van der Waals surface area contributed by atoms with Crippen molar-refractivity contribution in [3.63, 3.8) is 0 Å². The number of imidazole rings is 1. The summed E-state index contributed by atoms with van der Waals surface area (Å²) in [5.41, 5.74) is 5.51. The number of aromatic nitrogens is 2. The van der Waals surface area contributed by atoms with Crippen molar-refractivity contribution >= 4 is 16.9 Å². The van der Waals surface area contributed by atoms with Gasteiger partial charge < -0.3 is 19.4 Å². The van der Waals surface area contributed by atoms with E-state index < -0.39 is 0 Å². The fourth-order valence-electron chi connectivity index (χ4n) is 4.59. The lowest BCUT2D eigenvalue weighted by atomic mass is 10.0. The molecule has 200 valence electrons. The summed E-state index contributed by atoms with van der Waals surface area (Å²) in [6.45, 7) is 10.4. The summed E-state index contributed by atoms with van der Waals surface area (Å²) in [5, 5.41) is 2.97. The van der Waals surface area contributed by atoms with E-state index in [0.717, 1.165) is 65.3 Å². The number of ether oxygens (including phenoxy) is 2. The summed E-state index contributed by atoms with van der Waals surface area (Å²) in [6, 6.07) is 22.5. The Morgan fingerprint density at radius 3 is 2.58 bits per heavy atom. The fraction of sp³-hybridized carbons (Fsp3) is 0.375. The van der Waals surface area contributed by atoms with Gasteiger partial charge in [0.15, 0.2) is 6.61 Å². The van der Waals surface area contributed by atoms with Crippen LogP contribution in [0.4, 0.5) is 0 Å². The molecule has 0 aliphatic heterocycles. The number of para-hydroxylation sites is 3. The Bertz CT molecular complexity index is 1360. The summed E-state index contributed by atoms with van der Waals surface area (Å²) < 4.78 is 14.2. The molecule has 0 aliphatic carbocycles. The van der Waals surface area contributed by atoms with Crippen LogP contribution in [-0.4, -0.2) is 35.2 Å². The van der Waals surface area contributed by atoms with Crippen LogP contribution in [0.25, 0.3) is 11.0 Å². The fourth-order valence-corrected chi connectivity index (χ4v) is 4.59. The number of hydrogen-bond acceptors (Lipinski definition) is 4. The maximum absolute atomic E-state index is 12.3. The smallest absolute Gasteiger partial charge is 0.257 e. The Hall–Kier alpha value is -3.80. The van der Waals surface area contributed by atoms with E-state index in [9.17, 15) is 4.79 Å². The molecule has 1 aromatic heterocycles. The number of rotatable bonds is 13. The van der Waals surface area contributed by atoms with Gasteiger partial charge in [-0.05, 0) is 73.6 Å². The van der Waals surface area contributed by atoms with Gasteiger partial charge in [-0.25, -0.2) is 4.98 Å².